The highest BCUT2D eigenvalue weighted by atomic mass is 35.5. The summed E-state index contributed by atoms with van der Waals surface area (Å²) in [6.45, 7) is 1.60. The molecule has 0 atom stereocenters. The highest BCUT2D eigenvalue weighted by molar-refractivity contribution is 6.44. The van der Waals surface area contributed by atoms with Gasteiger partial charge in [-0.15, -0.1) is 0 Å². The molecular formula is C17H13Cl4NO3. The monoisotopic (exact) mass is 419 g/mol. The third kappa shape index (κ3) is 4.79. The Labute approximate surface area is 165 Å². The van der Waals surface area contributed by atoms with Gasteiger partial charge in [-0.2, -0.15) is 0 Å². The molecule has 8 heteroatoms. The molecule has 0 spiro atoms. The van der Waals surface area contributed by atoms with Crippen molar-refractivity contribution < 1.29 is 14.3 Å². The number of hydrogen-bond donors (Lipinski definition) is 1. The number of carbonyl (C=O) groups excluding carboxylic acids is 2. The fourth-order valence-electron chi connectivity index (χ4n) is 1.99. The van der Waals surface area contributed by atoms with Crippen molar-refractivity contribution in [2.24, 2.45) is 0 Å². The topological polar surface area (TPSA) is 55.4 Å². The van der Waals surface area contributed by atoms with Gasteiger partial charge < -0.3 is 10.1 Å². The number of rotatable bonds is 5. The summed E-state index contributed by atoms with van der Waals surface area (Å²) in [5.74, 6) is -0.827. The van der Waals surface area contributed by atoms with Gasteiger partial charge in [0.15, 0.2) is 5.75 Å². The quantitative estimate of drug-likeness (QED) is 0.392. The van der Waals surface area contributed by atoms with Gasteiger partial charge in [-0.05, 0) is 18.2 Å². The van der Waals surface area contributed by atoms with Crippen molar-refractivity contribution in [2.45, 2.75) is 19.9 Å². The van der Waals surface area contributed by atoms with Crippen molar-refractivity contribution in [3.8, 4) is 5.75 Å². The summed E-state index contributed by atoms with van der Waals surface area (Å²) in [6.07, 6.45) is 0.155. The molecule has 4 nitrogen and oxygen atoms in total. The van der Waals surface area contributed by atoms with Crippen LogP contribution in [-0.2, 0) is 11.3 Å². The van der Waals surface area contributed by atoms with Gasteiger partial charge in [-0.1, -0.05) is 65.5 Å². The molecule has 0 heterocycles. The lowest BCUT2D eigenvalue weighted by Gasteiger charge is -2.15. The van der Waals surface area contributed by atoms with Crippen LogP contribution in [0.4, 0.5) is 0 Å². The molecule has 2 aromatic carbocycles. The van der Waals surface area contributed by atoms with Gasteiger partial charge in [0.1, 0.15) is 0 Å². The Balaban J connectivity index is 2.30. The molecule has 0 aliphatic carbocycles. The van der Waals surface area contributed by atoms with E-state index in [1.54, 1.807) is 31.2 Å². The zero-order valence-corrected chi connectivity index (χ0v) is 16.1. The third-order valence-electron chi connectivity index (χ3n) is 3.27. The van der Waals surface area contributed by atoms with E-state index in [9.17, 15) is 9.59 Å². The predicted molar refractivity (Wildman–Crippen MR) is 100 cm³/mol. The third-order valence-corrected chi connectivity index (χ3v) is 4.70. The first-order chi connectivity index (χ1) is 11.8. The summed E-state index contributed by atoms with van der Waals surface area (Å²) in [4.78, 5) is 23.9. The predicted octanol–water partition coefficient (Wildman–Crippen LogP) is 5.55. The van der Waals surface area contributed by atoms with E-state index in [1.807, 2.05) is 0 Å². The van der Waals surface area contributed by atoms with E-state index in [1.165, 1.54) is 6.07 Å². The van der Waals surface area contributed by atoms with E-state index in [0.717, 1.165) is 0 Å². The molecule has 0 saturated carbocycles. The molecule has 1 amide bonds. The van der Waals surface area contributed by atoms with E-state index in [2.05, 4.69) is 5.32 Å². The maximum absolute atomic E-state index is 12.3. The molecule has 0 fully saturated rings. The molecular weight excluding hydrogens is 408 g/mol. The number of amides is 1. The van der Waals surface area contributed by atoms with Crippen molar-refractivity contribution in [1.82, 2.24) is 5.32 Å². The minimum Gasteiger partial charge on any atom is -0.425 e. The van der Waals surface area contributed by atoms with Gasteiger partial charge >= 0.3 is 5.97 Å². The van der Waals surface area contributed by atoms with Gasteiger partial charge in [-0.25, -0.2) is 0 Å². The summed E-state index contributed by atoms with van der Waals surface area (Å²) in [6, 6.07) is 7.98. The zero-order chi connectivity index (χ0) is 18.6. The Morgan fingerprint density at radius 3 is 2.36 bits per heavy atom. The molecule has 1 N–H and O–H groups in total. The first-order valence-corrected chi connectivity index (χ1v) is 8.76. The molecule has 2 aromatic rings. The number of benzene rings is 2. The smallest absolute Gasteiger partial charge is 0.310 e. The first-order valence-electron chi connectivity index (χ1n) is 7.24. The lowest BCUT2D eigenvalue weighted by Crippen LogP contribution is -2.24. The normalized spacial score (nSPS) is 10.4. The zero-order valence-electron chi connectivity index (χ0n) is 13.0. The van der Waals surface area contributed by atoms with Gasteiger partial charge in [-0.3, -0.25) is 9.59 Å². The van der Waals surface area contributed by atoms with E-state index in [0.29, 0.717) is 16.1 Å². The van der Waals surface area contributed by atoms with Crippen LogP contribution >= 0.6 is 46.4 Å². The summed E-state index contributed by atoms with van der Waals surface area (Å²) >= 11 is 24.3. The Hall–Kier alpha value is -1.46. The van der Waals surface area contributed by atoms with Gasteiger partial charge in [0, 0.05) is 18.5 Å². The molecule has 0 radical (unpaired) electrons. The van der Waals surface area contributed by atoms with Crippen molar-refractivity contribution in [1.29, 1.82) is 0 Å². The lowest BCUT2D eigenvalue weighted by molar-refractivity contribution is -0.134. The molecule has 2 rings (SSSR count). The van der Waals surface area contributed by atoms with E-state index in [-0.39, 0.29) is 33.8 Å². The van der Waals surface area contributed by atoms with Crippen LogP contribution in [0.1, 0.15) is 29.3 Å². The maximum Gasteiger partial charge on any atom is 0.310 e. The van der Waals surface area contributed by atoms with Crippen molar-refractivity contribution in [2.75, 3.05) is 0 Å². The molecule has 0 aliphatic rings. The molecule has 0 unspecified atom stereocenters. The molecule has 0 saturated heterocycles. The number of esters is 1. The summed E-state index contributed by atoms with van der Waals surface area (Å²) in [7, 11) is 0. The minimum atomic E-state index is -0.487. The molecule has 0 bridgehead atoms. The molecule has 0 aliphatic heterocycles. The van der Waals surface area contributed by atoms with Crippen molar-refractivity contribution in [3.05, 3.63) is 61.5 Å². The van der Waals surface area contributed by atoms with E-state index >= 15 is 0 Å². The number of carbonyl (C=O) groups is 2. The standard InChI is InChI=1S/C17H13Cl4NO3/c1-2-14(23)25-16-10(15(21)12(19)7-13(16)20)8-22-17(24)9-5-3-4-6-11(9)18/h3-7H,2,8H2,1H3,(H,22,24). The number of hydrogen-bond acceptors (Lipinski definition) is 3. The van der Waals surface area contributed by atoms with Crippen LogP contribution in [0, 0.1) is 0 Å². The fourth-order valence-corrected chi connectivity index (χ4v) is 2.96. The highest BCUT2D eigenvalue weighted by Gasteiger charge is 2.20. The molecule has 25 heavy (non-hydrogen) atoms. The Kier molecular flexibility index (Phi) is 6.96. The summed E-state index contributed by atoms with van der Waals surface area (Å²) < 4.78 is 5.23. The summed E-state index contributed by atoms with van der Waals surface area (Å²) in [5, 5.41) is 3.43. The fraction of sp³-hybridized carbons (Fsp3) is 0.176. The van der Waals surface area contributed by atoms with Gasteiger partial charge in [0.2, 0.25) is 0 Å². The van der Waals surface area contributed by atoms with Gasteiger partial charge in [0.05, 0.1) is 25.7 Å². The van der Waals surface area contributed by atoms with Crippen LogP contribution in [0.3, 0.4) is 0 Å². The Morgan fingerprint density at radius 2 is 1.72 bits per heavy atom. The molecule has 132 valence electrons. The minimum absolute atomic E-state index is 0.0461. The average Bonchev–Trinajstić information content (AvgIpc) is 2.59. The largest absolute Gasteiger partial charge is 0.425 e. The second-order valence-electron chi connectivity index (χ2n) is 4.95. The van der Waals surface area contributed by atoms with E-state index < -0.39 is 11.9 Å². The maximum atomic E-state index is 12.3. The van der Waals surface area contributed by atoms with E-state index in [4.69, 9.17) is 51.1 Å². The van der Waals surface area contributed by atoms with Crippen LogP contribution in [0.5, 0.6) is 5.75 Å². The number of halogens is 4. The van der Waals surface area contributed by atoms with Crippen LogP contribution in [0.15, 0.2) is 30.3 Å². The van der Waals surface area contributed by atoms with Crippen LogP contribution in [0.25, 0.3) is 0 Å². The second kappa shape index (κ2) is 8.77. The Morgan fingerprint density at radius 1 is 1.04 bits per heavy atom. The van der Waals surface area contributed by atoms with Crippen LogP contribution in [-0.4, -0.2) is 11.9 Å². The van der Waals surface area contributed by atoms with Crippen molar-refractivity contribution >= 4 is 58.3 Å². The second-order valence-corrected chi connectivity index (χ2v) is 6.55. The first kappa shape index (κ1) is 19.9. The average molecular weight is 421 g/mol. The van der Waals surface area contributed by atoms with Crippen molar-refractivity contribution in [3.63, 3.8) is 0 Å². The number of ether oxygens (including phenoxy) is 1. The summed E-state index contributed by atoms with van der Waals surface area (Å²) in [5.41, 5.74) is 0.613. The SMILES string of the molecule is CCC(=O)Oc1c(Cl)cc(Cl)c(Cl)c1CNC(=O)c1ccccc1Cl. The van der Waals surface area contributed by atoms with Crippen LogP contribution in [0.2, 0.25) is 20.1 Å². The number of nitrogens with one attached hydrogen (secondary N) is 1. The molecule has 0 aromatic heterocycles. The lowest BCUT2D eigenvalue weighted by atomic mass is 10.1. The Bertz CT molecular complexity index is 824. The van der Waals surface area contributed by atoms with Crippen LogP contribution < -0.4 is 10.1 Å². The highest BCUT2D eigenvalue weighted by Crippen LogP contribution is 2.39. The van der Waals surface area contributed by atoms with Gasteiger partial charge in [0.25, 0.3) is 5.91 Å².